The van der Waals surface area contributed by atoms with E-state index in [1.807, 2.05) is 13.8 Å². The molecule has 0 aromatic heterocycles. The van der Waals surface area contributed by atoms with Gasteiger partial charge in [0.05, 0.1) is 11.6 Å². The van der Waals surface area contributed by atoms with E-state index in [-0.39, 0.29) is 29.3 Å². The van der Waals surface area contributed by atoms with E-state index in [1.165, 1.54) is 24.3 Å². The van der Waals surface area contributed by atoms with E-state index in [0.29, 0.717) is 0 Å². The monoisotopic (exact) mass is 409 g/mol. The summed E-state index contributed by atoms with van der Waals surface area (Å²) in [4.78, 5) is 23.9. The van der Waals surface area contributed by atoms with E-state index in [9.17, 15) is 27.2 Å². The lowest BCUT2D eigenvalue weighted by molar-refractivity contribution is -0.137. The smallest absolute Gasteiger partial charge is 0.349 e. The van der Waals surface area contributed by atoms with Crippen molar-refractivity contribution >= 4 is 23.3 Å². The molecule has 0 saturated carbocycles. The normalized spacial score (nSPS) is 18.3. The number of halogens is 4. The summed E-state index contributed by atoms with van der Waals surface area (Å²) in [6.45, 7) is 3.66. The zero-order valence-corrected chi connectivity index (χ0v) is 15.7. The third kappa shape index (κ3) is 4.67. The maximum Gasteiger partial charge on any atom is 0.416 e. The number of urea groups is 1. The number of amides is 3. The van der Waals surface area contributed by atoms with Crippen LogP contribution in [0.5, 0.6) is 0 Å². The van der Waals surface area contributed by atoms with Crippen LogP contribution in [0.15, 0.2) is 42.5 Å². The number of nitrogens with one attached hydrogen (secondary N) is 3. The van der Waals surface area contributed by atoms with E-state index in [2.05, 4.69) is 16.0 Å². The van der Waals surface area contributed by atoms with E-state index in [4.69, 9.17) is 0 Å². The molecule has 1 atom stereocenters. The molecule has 5 nitrogen and oxygen atoms in total. The zero-order valence-electron chi connectivity index (χ0n) is 15.7. The number of carbonyl (C=O) groups is 2. The van der Waals surface area contributed by atoms with Gasteiger partial charge in [-0.25, -0.2) is 9.18 Å². The van der Waals surface area contributed by atoms with Crippen molar-refractivity contribution in [2.45, 2.75) is 32.5 Å². The largest absolute Gasteiger partial charge is 0.416 e. The number of benzene rings is 2. The minimum absolute atomic E-state index is 0.0381. The fourth-order valence-electron chi connectivity index (χ4n) is 3.33. The fourth-order valence-corrected chi connectivity index (χ4v) is 3.33. The zero-order chi connectivity index (χ0) is 21.4. The Bertz CT molecular complexity index is 957. The lowest BCUT2D eigenvalue weighted by atomic mass is 9.81. The van der Waals surface area contributed by atoms with Crippen molar-refractivity contribution in [3.8, 4) is 0 Å². The number of hydrogen-bond donors (Lipinski definition) is 3. The van der Waals surface area contributed by atoms with Crippen molar-refractivity contribution in [1.29, 1.82) is 0 Å². The Balaban J connectivity index is 1.76. The lowest BCUT2D eigenvalue weighted by Gasteiger charge is -2.26. The van der Waals surface area contributed by atoms with E-state index in [0.717, 1.165) is 18.2 Å². The van der Waals surface area contributed by atoms with Crippen LogP contribution in [0.4, 0.5) is 33.7 Å². The van der Waals surface area contributed by atoms with Crippen molar-refractivity contribution in [3.05, 3.63) is 59.4 Å². The van der Waals surface area contributed by atoms with Gasteiger partial charge < -0.3 is 16.0 Å². The number of rotatable bonds is 3. The fraction of sp³-hybridized carbons (Fsp3) is 0.300. The van der Waals surface area contributed by atoms with E-state index < -0.39 is 35.0 Å². The van der Waals surface area contributed by atoms with Crippen LogP contribution in [0.25, 0.3) is 0 Å². The second-order valence-electron chi connectivity index (χ2n) is 7.56. The summed E-state index contributed by atoms with van der Waals surface area (Å²) in [5, 5.41) is 7.51. The van der Waals surface area contributed by atoms with Gasteiger partial charge in [-0.2, -0.15) is 13.2 Å². The van der Waals surface area contributed by atoms with Crippen LogP contribution in [0, 0.1) is 11.2 Å². The summed E-state index contributed by atoms with van der Waals surface area (Å²) in [6, 6.07) is 6.75. The van der Waals surface area contributed by atoms with Crippen LogP contribution in [0.3, 0.4) is 0 Å². The second-order valence-corrected chi connectivity index (χ2v) is 7.56. The first-order valence-corrected chi connectivity index (χ1v) is 8.80. The molecular weight excluding hydrogens is 390 g/mol. The number of carbonyl (C=O) groups excluding carboxylic acids is 2. The van der Waals surface area contributed by atoms with E-state index >= 15 is 0 Å². The van der Waals surface area contributed by atoms with Gasteiger partial charge in [0.15, 0.2) is 0 Å². The highest BCUT2D eigenvalue weighted by atomic mass is 19.4. The quantitative estimate of drug-likeness (QED) is 0.619. The lowest BCUT2D eigenvalue weighted by Crippen LogP contribution is -2.26. The van der Waals surface area contributed by atoms with Crippen LogP contribution >= 0.6 is 0 Å². The van der Waals surface area contributed by atoms with Crippen molar-refractivity contribution in [3.63, 3.8) is 0 Å². The van der Waals surface area contributed by atoms with Gasteiger partial charge >= 0.3 is 12.2 Å². The molecule has 1 heterocycles. The predicted octanol–water partition coefficient (Wildman–Crippen LogP) is 5.08. The molecule has 1 saturated heterocycles. The van der Waals surface area contributed by atoms with Gasteiger partial charge in [0.1, 0.15) is 5.82 Å². The highest BCUT2D eigenvalue weighted by Gasteiger charge is 2.41. The first-order valence-electron chi connectivity index (χ1n) is 8.80. The molecule has 1 aliphatic heterocycles. The van der Waals surface area contributed by atoms with Crippen molar-refractivity contribution in [2.24, 2.45) is 5.41 Å². The van der Waals surface area contributed by atoms with Gasteiger partial charge in [0.25, 0.3) is 0 Å². The molecule has 9 heteroatoms. The predicted molar refractivity (Wildman–Crippen MR) is 99.8 cm³/mol. The average molecular weight is 409 g/mol. The third-order valence-corrected chi connectivity index (χ3v) is 4.72. The molecule has 3 amide bonds. The average Bonchev–Trinajstić information content (AvgIpc) is 2.88. The third-order valence-electron chi connectivity index (χ3n) is 4.72. The van der Waals surface area contributed by atoms with Gasteiger partial charge in [-0.1, -0.05) is 19.9 Å². The Hall–Kier alpha value is -3.10. The highest BCUT2D eigenvalue weighted by Crippen LogP contribution is 2.42. The van der Waals surface area contributed by atoms with Crippen molar-refractivity contribution in [2.75, 3.05) is 10.6 Å². The van der Waals surface area contributed by atoms with Gasteiger partial charge in [0.2, 0.25) is 5.91 Å². The van der Waals surface area contributed by atoms with Crippen molar-refractivity contribution in [1.82, 2.24) is 5.32 Å². The minimum atomic E-state index is -4.53. The molecule has 0 radical (unpaired) electrons. The molecule has 0 bridgehead atoms. The molecule has 29 heavy (non-hydrogen) atoms. The summed E-state index contributed by atoms with van der Waals surface area (Å²) in [7, 11) is 0. The van der Waals surface area contributed by atoms with Gasteiger partial charge in [0, 0.05) is 23.4 Å². The topological polar surface area (TPSA) is 70.2 Å². The molecule has 3 rings (SSSR count). The molecule has 2 aromatic rings. The Morgan fingerprint density at radius 2 is 1.76 bits per heavy atom. The molecule has 1 aliphatic rings. The molecule has 3 N–H and O–H groups in total. The van der Waals surface area contributed by atoms with Gasteiger partial charge in [-0.15, -0.1) is 0 Å². The number of alkyl halides is 3. The Morgan fingerprint density at radius 3 is 2.34 bits per heavy atom. The number of hydrogen-bond acceptors (Lipinski definition) is 2. The SMILES string of the molecule is CC1(C)CC(=O)NC1c1cc(NC(=O)Nc2cccc(C(F)(F)F)c2)ccc1F. The number of anilines is 2. The molecule has 0 aliphatic carbocycles. The maximum atomic E-state index is 14.3. The molecule has 1 fully saturated rings. The van der Waals surface area contributed by atoms with Crippen LogP contribution in [-0.4, -0.2) is 11.9 Å². The Morgan fingerprint density at radius 1 is 1.10 bits per heavy atom. The van der Waals surface area contributed by atoms with Gasteiger partial charge in [-0.3, -0.25) is 4.79 Å². The van der Waals surface area contributed by atoms with E-state index in [1.54, 1.807) is 0 Å². The van der Waals surface area contributed by atoms with Crippen molar-refractivity contribution < 1.29 is 27.2 Å². The molecule has 0 spiro atoms. The Labute approximate surface area is 164 Å². The molecule has 154 valence electrons. The summed E-state index contributed by atoms with van der Waals surface area (Å²) in [6.07, 6.45) is -4.29. The molecule has 2 aromatic carbocycles. The highest BCUT2D eigenvalue weighted by molar-refractivity contribution is 5.99. The van der Waals surface area contributed by atoms with Crippen LogP contribution in [0.2, 0.25) is 0 Å². The van der Waals surface area contributed by atoms with Crippen LogP contribution < -0.4 is 16.0 Å². The summed E-state index contributed by atoms with van der Waals surface area (Å²) < 4.78 is 52.7. The van der Waals surface area contributed by atoms with Crippen LogP contribution in [0.1, 0.15) is 37.4 Å². The molecule has 1 unspecified atom stereocenters. The van der Waals surface area contributed by atoms with Gasteiger partial charge in [-0.05, 0) is 41.8 Å². The first kappa shape index (κ1) is 20.6. The second kappa shape index (κ2) is 7.38. The standard InChI is InChI=1S/C20H19F4N3O2/c1-19(2)10-16(28)27-17(19)14-9-13(6-7-15(14)21)26-18(29)25-12-5-3-4-11(8-12)20(22,23)24/h3-9,17H,10H2,1-2H3,(H,27,28)(H2,25,26,29). The Kier molecular flexibility index (Phi) is 5.25. The summed E-state index contributed by atoms with van der Waals surface area (Å²) in [5.74, 6) is -0.728. The minimum Gasteiger partial charge on any atom is -0.349 e. The first-order chi connectivity index (χ1) is 13.5. The summed E-state index contributed by atoms with van der Waals surface area (Å²) >= 11 is 0. The maximum absolute atomic E-state index is 14.3. The molecular formula is C20H19F4N3O2. The van der Waals surface area contributed by atoms with Crippen LogP contribution in [-0.2, 0) is 11.0 Å². The summed E-state index contributed by atoms with van der Waals surface area (Å²) in [5.41, 5.74) is -0.986.